The Labute approximate surface area is 201 Å². The van der Waals surface area contributed by atoms with Crippen molar-refractivity contribution in [1.29, 1.82) is 0 Å². The normalized spacial score (nSPS) is 10.6. The van der Waals surface area contributed by atoms with E-state index in [0.717, 1.165) is 17.2 Å². The minimum absolute atomic E-state index is 0.136. The third-order valence-corrected chi connectivity index (χ3v) is 5.91. The Morgan fingerprint density at radius 1 is 1.06 bits per heavy atom. The van der Waals surface area contributed by atoms with E-state index in [1.54, 1.807) is 49.7 Å². The maximum atomic E-state index is 12.4. The number of furan rings is 1. The number of nitrogens with zero attached hydrogens (tertiary/aromatic N) is 2. The Bertz CT molecular complexity index is 1260. The van der Waals surface area contributed by atoms with Gasteiger partial charge in [-0.25, -0.2) is 4.98 Å². The van der Waals surface area contributed by atoms with E-state index in [0.29, 0.717) is 28.7 Å². The van der Waals surface area contributed by atoms with E-state index in [4.69, 9.17) is 9.15 Å². The number of imidazole rings is 1. The number of rotatable bonds is 9. The SMILES string of the molecule is COc1ccc(NC(=O)CSc2nccn2-c2ccc(C(=O)NCc3ccc(C)o3)cc2)cc1. The van der Waals surface area contributed by atoms with Crippen LogP contribution in [-0.2, 0) is 11.3 Å². The van der Waals surface area contributed by atoms with Gasteiger partial charge in [0.05, 0.1) is 19.4 Å². The fourth-order valence-electron chi connectivity index (χ4n) is 3.22. The van der Waals surface area contributed by atoms with Crippen molar-refractivity contribution in [3.8, 4) is 11.4 Å². The third kappa shape index (κ3) is 5.87. The average Bonchev–Trinajstić information content (AvgIpc) is 3.50. The molecule has 0 unspecified atom stereocenters. The number of aryl methyl sites for hydroxylation is 1. The molecule has 8 nitrogen and oxygen atoms in total. The Morgan fingerprint density at radius 2 is 1.82 bits per heavy atom. The number of anilines is 1. The van der Waals surface area contributed by atoms with Gasteiger partial charge < -0.3 is 19.8 Å². The molecule has 4 rings (SSSR count). The molecule has 2 heterocycles. The summed E-state index contributed by atoms with van der Waals surface area (Å²) in [6.45, 7) is 2.19. The molecule has 0 bridgehead atoms. The van der Waals surface area contributed by atoms with Gasteiger partial charge in [0.2, 0.25) is 5.91 Å². The molecule has 0 fully saturated rings. The van der Waals surface area contributed by atoms with E-state index >= 15 is 0 Å². The van der Waals surface area contributed by atoms with Gasteiger partial charge in [-0.05, 0) is 67.6 Å². The van der Waals surface area contributed by atoms with Gasteiger partial charge in [0.25, 0.3) is 5.91 Å². The van der Waals surface area contributed by atoms with Gasteiger partial charge in [0, 0.05) is 29.3 Å². The molecule has 9 heteroatoms. The molecular formula is C25H24N4O4S. The minimum Gasteiger partial charge on any atom is -0.497 e. The molecule has 2 aromatic heterocycles. The Morgan fingerprint density at radius 3 is 2.50 bits per heavy atom. The fourth-order valence-corrected chi connectivity index (χ4v) is 3.99. The van der Waals surface area contributed by atoms with Crippen LogP contribution < -0.4 is 15.4 Å². The number of benzene rings is 2. The molecule has 2 amide bonds. The van der Waals surface area contributed by atoms with Crippen LogP contribution in [0.1, 0.15) is 21.9 Å². The number of carbonyl (C=O) groups is 2. The monoisotopic (exact) mass is 476 g/mol. The highest BCUT2D eigenvalue weighted by Gasteiger charge is 2.11. The topological polar surface area (TPSA) is 98.4 Å². The first-order chi connectivity index (χ1) is 16.5. The van der Waals surface area contributed by atoms with Crippen LogP contribution in [0.3, 0.4) is 0 Å². The van der Waals surface area contributed by atoms with E-state index in [-0.39, 0.29) is 17.6 Å². The van der Waals surface area contributed by atoms with Crippen molar-refractivity contribution in [1.82, 2.24) is 14.9 Å². The number of methoxy groups -OCH3 is 1. The Kier molecular flexibility index (Phi) is 7.34. The summed E-state index contributed by atoms with van der Waals surface area (Å²) in [6, 6.07) is 18.0. The lowest BCUT2D eigenvalue weighted by atomic mass is 10.2. The number of carbonyl (C=O) groups excluding carboxylic acids is 2. The maximum Gasteiger partial charge on any atom is 0.251 e. The number of aromatic nitrogens is 2. The lowest BCUT2D eigenvalue weighted by Gasteiger charge is -2.09. The van der Waals surface area contributed by atoms with Crippen LogP contribution in [0.15, 0.2) is 82.6 Å². The molecule has 0 aliphatic carbocycles. The summed E-state index contributed by atoms with van der Waals surface area (Å²) >= 11 is 1.33. The first kappa shape index (κ1) is 23.2. The lowest BCUT2D eigenvalue weighted by molar-refractivity contribution is -0.113. The van der Waals surface area contributed by atoms with E-state index < -0.39 is 0 Å². The molecular weight excluding hydrogens is 452 g/mol. The Balaban J connectivity index is 1.33. The summed E-state index contributed by atoms with van der Waals surface area (Å²) in [4.78, 5) is 29.1. The number of amides is 2. The third-order valence-electron chi connectivity index (χ3n) is 4.94. The second-order valence-corrected chi connectivity index (χ2v) is 8.33. The second kappa shape index (κ2) is 10.8. The quantitative estimate of drug-likeness (QED) is 0.347. The van der Waals surface area contributed by atoms with Gasteiger partial charge in [-0.15, -0.1) is 0 Å². The molecule has 0 saturated carbocycles. The standard InChI is InChI=1S/C25H24N4O4S/c1-17-3-10-22(33-17)15-27-24(31)18-4-8-20(9-5-18)29-14-13-26-25(29)34-16-23(30)28-19-6-11-21(32-2)12-7-19/h3-14H,15-16H2,1-2H3,(H,27,31)(H,28,30). The number of ether oxygens (including phenoxy) is 1. The summed E-state index contributed by atoms with van der Waals surface area (Å²) in [5, 5.41) is 6.38. The van der Waals surface area contributed by atoms with Crippen molar-refractivity contribution >= 4 is 29.3 Å². The zero-order valence-electron chi connectivity index (χ0n) is 18.8. The summed E-state index contributed by atoms with van der Waals surface area (Å²) in [7, 11) is 1.60. The van der Waals surface area contributed by atoms with Gasteiger partial charge in [-0.3, -0.25) is 14.2 Å². The molecule has 0 radical (unpaired) electrons. The zero-order valence-corrected chi connectivity index (χ0v) is 19.6. The fraction of sp³-hybridized carbons (Fsp3) is 0.160. The highest BCUT2D eigenvalue weighted by Crippen LogP contribution is 2.22. The van der Waals surface area contributed by atoms with Gasteiger partial charge in [0.1, 0.15) is 17.3 Å². The van der Waals surface area contributed by atoms with Crippen molar-refractivity contribution in [2.24, 2.45) is 0 Å². The van der Waals surface area contributed by atoms with Gasteiger partial charge in [0.15, 0.2) is 5.16 Å². The van der Waals surface area contributed by atoms with E-state index in [9.17, 15) is 9.59 Å². The van der Waals surface area contributed by atoms with Crippen LogP contribution >= 0.6 is 11.8 Å². The first-order valence-electron chi connectivity index (χ1n) is 10.6. The van der Waals surface area contributed by atoms with E-state index in [1.165, 1.54) is 11.8 Å². The van der Waals surface area contributed by atoms with Gasteiger partial charge in [-0.2, -0.15) is 0 Å². The van der Waals surface area contributed by atoms with Crippen LogP contribution in [0.2, 0.25) is 0 Å². The Hall–Kier alpha value is -3.98. The summed E-state index contributed by atoms with van der Waals surface area (Å²) < 4.78 is 12.5. The van der Waals surface area contributed by atoms with Crippen LogP contribution in [0, 0.1) is 6.92 Å². The smallest absolute Gasteiger partial charge is 0.251 e. The van der Waals surface area contributed by atoms with Crippen LogP contribution in [0.5, 0.6) is 5.75 Å². The van der Waals surface area contributed by atoms with Crippen molar-refractivity contribution < 1.29 is 18.7 Å². The molecule has 0 aliphatic rings. The molecule has 0 atom stereocenters. The van der Waals surface area contributed by atoms with Crippen molar-refractivity contribution in [2.75, 3.05) is 18.2 Å². The van der Waals surface area contributed by atoms with Crippen LogP contribution in [0.25, 0.3) is 5.69 Å². The number of hydrogen-bond donors (Lipinski definition) is 2. The summed E-state index contributed by atoms with van der Waals surface area (Å²) in [5.74, 6) is 2.12. The van der Waals surface area contributed by atoms with Gasteiger partial charge in [-0.1, -0.05) is 11.8 Å². The molecule has 174 valence electrons. The first-order valence-corrected chi connectivity index (χ1v) is 11.5. The van der Waals surface area contributed by atoms with E-state index in [1.807, 2.05) is 42.0 Å². The molecule has 2 aromatic carbocycles. The minimum atomic E-state index is -0.184. The number of thioether (sulfide) groups is 1. The van der Waals surface area contributed by atoms with Crippen LogP contribution in [-0.4, -0.2) is 34.2 Å². The molecule has 0 spiro atoms. The summed E-state index contributed by atoms with van der Waals surface area (Å²) in [6.07, 6.45) is 3.49. The van der Waals surface area contributed by atoms with Crippen molar-refractivity contribution in [3.05, 3.63) is 90.1 Å². The van der Waals surface area contributed by atoms with Crippen molar-refractivity contribution in [3.63, 3.8) is 0 Å². The average molecular weight is 477 g/mol. The molecule has 2 N–H and O–H groups in total. The highest BCUT2D eigenvalue weighted by molar-refractivity contribution is 7.99. The summed E-state index contributed by atoms with van der Waals surface area (Å²) in [5.41, 5.74) is 2.08. The molecule has 0 aliphatic heterocycles. The predicted molar refractivity (Wildman–Crippen MR) is 131 cm³/mol. The molecule has 34 heavy (non-hydrogen) atoms. The zero-order chi connectivity index (χ0) is 23.9. The number of hydrogen-bond acceptors (Lipinski definition) is 6. The molecule has 0 saturated heterocycles. The van der Waals surface area contributed by atoms with Crippen LogP contribution in [0.4, 0.5) is 5.69 Å². The van der Waals surface area contributed by atoms with Gasteiger partial charge >= 0.3 is 0 Å². The highest BCUT2D eigenvalue weighted by atomic mass is 32.2. The predicted octanol–water partition coefficient (Wildman–Crippen LogP) is 4.44. The lowest BCUT2D eigenvalue weighted by Crippen LogP contribution is -2.22. The van der Waals surface area contributed by atoms with E-state index in [2.05, 4.69) is 15.6 Å². The van der Waals surface area contributed by atoms with Crippen molar-refractivity contribution in [2.45, 2.75) is 18.6 Å². The second-order valence-electron chi connectivity index (χ2n) is 7.39. The number of nitrogens with one attached hydrogen (secondary N) is 2. The largest absolute Gasteiger partial charge is 0.497 e. The maximum absolute atomic E-state index is 12.4. The molecule has 4 aromatic rings.